The number of rotatable bonds is 5. The van der Waals surface area contributed by atoms with Gasteiger partial charge in [-0.1, -0.05) is 6.07 Å². The van der Waals surface area contributed by atoms with Crippen LogP contribution in [-0.4, -0.2) is 24.9 Å². The van der Waals surface area contributed by atoms with Gasteiger partial charge < -0.3 is 16.0 Å². The van der Waals surface area contributed by atoms with E-state index in [4.69, 9.17) is 5.26 Å². The third kappa shape index (κ3) is 4.99. The molecule has 0 heterocycles. The fraction of sp³-hybridized carbons (Fsp3) is 0.250. The van der Waals surface area contributed by atoms with Gasteiger partial charge in [0, 0.05) is 18.3 Å². The molecule has 0 fully saturated rings. The van der Waals surface area contributed by atoms with Gasteiger partial charge in [0.2, 0.25) is 11.8 Å². The number of hydrogen-bond donors (Lipinski definition) is 3. The molecule has 0 unspecified atom stereocenters. The highest BCUT2D eigenvalue weighted by Gasteiger charge is 2.01. The van der Waals surface area contributed by atoms with E-state index >= 15 is 0 Å². The zero-order valence-corrected chi connectivity index (χ0v) is 9.99. The van der Waals surface area contributed by atoms with Crippen LogP contribution in [0.15, 0.2) is 24.3 Å². The zero-order valence-electron chi connectivity index (χ0n) is 9.99. The second-order valence-electron chi connectivity index (χ2n) is 3.55. The molecule has 3 N–H and O–H groups in total. The molecule has 6 heteroatoms. The Morgan fingerprint density at radius 2 is 2.06 bits per heavy atom. The highest BCUT2D eigenvalue weighted by Crippen LogP contribution is 2.14. The van der Waals surface area contributed by atoms with Gasteiger partial charge in [0.05, 0.1) is 12.6 Å². The van der Waals surface area contributed by atoms with Crippen LogP contribution in [0.3, 0.4) is 0 Å². The van der Waals surface area contributed by atoms with Gasteiger partial charge in [-0.05, 0) is 18.2 Å². The van der Waals surface area contributed by atoms with Gasteiger partial charge >= 0.3 is 0 Å². The van der Waals surface area contributed by atoms with E-state index in [1.54, 1.807) is 24.3 Å². The third-order valence-corrected chi connectivity index (χ3v) is 2.00. The Balaban J connectivity index is 2.50. The quantitative estimate of drug-likeness (QED) is 0.666. The molecule has 1 rings (SSSR count). The molecule has 0 spiro atoms. The molecule has 0 aliphatic rings. The number of nitrogens with one attached hydrogen (secondary N) is 3. The zero-order chi connectivity index (χ0) is 13.4. The molecule has 2 amide bonds. The van der Waals surface area contributed by atoms with Gasteiger partial charge in [-0.15, -0.1) is 0 Å². The molecule has 0 aliphatic carbocycles. The summed E-state index contributed by atoms with van der Waals surface area (Å²) in [6.45, 7) is 1.49. The van der Waals surface area contributed by atoms with Crippen molar-refractivity contribution >= 4 is 23.2 Å². The normalized spacial score (nSPS) is 9.11. The van der Waals surface area contributed by atoms with Crippen LogP contribution in [0.5, 0.6) is 0 Å². The second kappa shape index (κ2) is 6.91. The Labute approximate surface area is 105 Å². The number of anilines is 2. The number of hydrogen-bond acceptors (Lipinski definition) is 4. The summed E-state index contributed by atoms with van der Waals surface area (Å²) < 4.78 is 0. The summed E-state index contributed by atoms with van der Waals surface area (Å²) in [4.78, 5) is 22.1. The standard InChI is InChI=1S/C12H14N4O2/c1-9(17)16-11-4-2-3-10(7-11)15-8-12(18)14-6-5-13/h2-4,7,15H,6,8H2,1H3,(H,14,18)(H,16,17). The predicted molar refractivity (Wildman–Crippen MR) is 67.9 cm³/mol. The number of carbonyl (C=O) groups excluding carboxylic acids is 2. The number of nitriles is 1. The molecule has 1 aromatic rings. The van der Waals surface area contributed by atoms with E-state index in [1.807, 2.05) is 6.07 Å². The molecule has 94 valence electrons. The van der Waals surface area contributed by atoms with E-state index in [0.717, 1.165) is 0 Å². The third-order valence-electron chi connectivity index (χ3n) is 2.00. The summed E-state index contributed by atoms with van der Waals surface area (Å²) in [6.07, 6.45) is 0. The molecule has 0 bridgehead atoms. The van der Waals surface area contributed by atoms with Crippen LogP contribution in [0.25, 0.3) is 0 Å². The van der Waals surface area contributed by atoms with Crippen molar-refractivity contribution < 1.29 is 9.59 Å². The maximum absolute atomic E-state index is 11.2. The molecule has 6 nitrogen and oxygen atoms in total. The van der Waals surface area contributed by atoms with Crippen molar-refractivity contribution in [3.05, 3.63) is 24.3 Å². The molecule has 0 saturated carbocycles. The summed E-state index contributed by atoms with van der Waals surface area (Å²) in [6, 6.07) is 8.84. The maximum atomic E-state index is 11.2. The lowest BCUT2D eigenvalue weighted by atomic mass is 10.2. The summed E-state index contributed by atoms with van der Waals surface area (Å²) in [5, 5.41) is 16.3. The minimum absolute atomic E-state index is 0.00749. The van der Waals surface area contributed by atoms with E-state index in [2.05, 4.69) is 16.0 Å². The Bertz CT molecular complexity index is 479. The molecule has 0 atom stereocenters. The predicted octanol–water partition coefficient (Wildman–Crippen LogP) is 0.697. The van der Waals surface area contributed by atoms with Crippen molar-refractivity contribution in [2.45, 2.75) is 6.92 Å². The van der Waals surface area contributed by atoms with E-state index in [-0.39, 0.29) is 24.9 Å². The number of amides is 2. The first-order chi connectivity index (χ1) is 8.61. The van der Waals surface area contributed by atoms with Gasteiger partial charge in [-0.25, -0.2) is 0 Å². The molecule has 1 aromatic carbocycles. The fourth-order valence-electron chi connectivity index (χ4n) is 1.29. The van der Waals surface area contributed by atoms with Gasteiger partial charge in [-0.2, -0.15) is 5.26 Å². The van der Waals surface area contributed by atoms with Crippen LogP contribution in [-0.2, 0) is 9.59 Å². The average Bonchev–Trinajstić information content (AvgIpc) is 2.33. The highest BCUT2D eigenvalue weighted by atomic mass is 16.2. The first kappa shape index (κ1) is 13.5. The van der Waals surface area contributed by atoms with E-state index < -0.39 is 0 Å². The van der Waals surface area contributed by atoms with E-state index in [1.165, 1.54) is 6.92 Å². The van der Waals surface area contributed by atoms with Crippen LogP contribution < -0.4 is 16.0 Å². The Hall–Kier alpha value is -2.55. The first-order valence-corrected chi connectivity index (χ1v) is 5.37. The lowest BCUT2D eigenvalue weighted by molar-refractivity contribution is -0.119. The van der Waals surface area contributed by atoms with Crippen LogP contribution in [0, 0.1) is 11.3 Å². The van der Waals surface area contributed by atoms with Crippen molar-refractivity contribution in [2.75, 3.05) is 23.7 Å². The lowest BCUT2D eigenvalue weighted by Crippen LogP contribution is -2.29. The van der Waals surface area contributed by atoms with E-state index in [9.17, 15) is 9.59 Å². The Morgan fingerprint density at radius 1 is 1.33 bits per heavy atom. The maximum Gasteiger partial charge on any atom is 0.240 e. The van der Waals surface area contributed by atoms with Crippen molar-refractivity contribution in [2.24, 2.45) is 0 Å². The molecule has 0 aliphatic heterocycles. The molecule has 18 heavy (non-hydrogen) atoms. The topological polar surface area (TPSA) is 94.0 Å². The largest absolute Gasteiger partial charge is 0.376 e. The smallest absolute Gasteiger partial charge is 0.240 e. The van der Waals surface area contributed by atoms with Crippen LogP contribution in [0.1, 0.15) is 6.92 Å². The summed E-state index contributed by atoms with van der Waals surface area (Å²) in [7, 11) is 0. The Kier molecular flexibility index (Phi) is 5.19. The SMILES string of the molecule is CC(=O)Nc1cccc(NCC(=O)NCC#N)c1. The van der Waals surface area contributed by atoms with Crippen molar-refractivity contribution in [1.82, 2.24) is 5.32 Å². The number of benzene rings is 1. The monoisotopic (exact) mass is 246 g/mol. The molecule has 0 radical (unpaired) electrons. The fourth-order valence-corrected chi connectivity index (χ4v) is 1.29. The van der Waals surface area contributed by atoms with E-state index in [0.29, 0.717) is 11.4 Å². The Morgan fingerprint density at radius 3 is 2.72 bits per heavy atom. The van der Waals surface area contributed by atoms with Crippen molar-refractivity contribution in [3.63, 3.8) is 0 Å². The second-order valence-corrected chi connectivity index (χ2v) is 3.55. The van der Waals surface area contributed by atoms with Gasteiger partial charge in [0.15, 0.2) is 0 Å². The summed E-state index contributed by atoms with van der Waals surface area (Å²) >= 11 is 0. The van der Waals surface area contributed by atoms with Crippen LogP contribution >= 0.6 is 0 Å². The molecular formula is C12H14N4O2. The lowest BCUT2D eigenvalue weighted by Gasteiger charge is -2.08. The van der Waals surface area contributed by atoms with Gasteiger partial charge in [0.1, 0.15) is 6.54 Å². The van der Waals surface area contributed by atoms with Crippen molar-refractivity contribution in [3.8, 4) is 6.07 Å². The minimum atomic E-state index is -0.263. The highest BCUT2D eigenvalue weighted by molar-refractivity contribution is 5.89. The molecule has 0 aromatic heterocycles. The minimum Gasteiger partial charge on any atom is -0.376 e. The summed E-state index contributed by atoms with van der Waals surface area (Å²) in [5.74, 6) is -0.416. The summed E-state index contributed by atoms with van der Waals surface area (Å²) in [5.41, 5.74) is 1.37. The average molecular weight is 246 g/mol. The molecular weight excluding hydrogens is 232 g/mol. The number of carbonyl (C=O) groups is 2. The van der Waals surface area contributed by atoms with Gasteiger partial charge in [-0.3, -0.25) is 9.59 Å². The van der Waals surface area contributed by atoms with Crippen LogP contribution in [0.4, 0.5) is 11.4 Å². The number of nitrogens with zero attached hydrogens (tertiary/aromatic N) is 1. The van der Waals surface area contributed by atoms with Crippen molar-refractivity contribution in [1.29, 1.82) is 5.26 Å². The first-order valence-electron chi connectivity index (χ1n) is 5.37. The van der Waals surface area contributed by atoms with Gasteiger partial charge in [0.25, 0.3) is 0 Å². The van der Waals surface area contributed by atoms with Crippen LogP contribution in [0.2, 0.25) is 0 Å². The molecule has 0 saturated heterocycles.